The van der Waals surface area contributed by atoms with Crippen molar-refractivity contribution in [3.05, 3.63) is 29.8 Å². The van der Waals surface area contributed by atoms with Crippen LogP contribution >= 0.6 is 11.8 Å². The number of benzene rings is 1. The third kappa shape index (κ3) is 3.11. The zero-order chi connectivity index (χ0) is 9.68. The van der Waals surface area contributed by atoms with Gasteiger partial charge in [0.15, 0.2) is 0 Å². The summed E-state index contributed by atoms with van der Waals surface area (Å²) in [6.07, 6.45) is 0.114. The molecule has 1 rings (SSSR count). The monoisotopic (exact) mass is 196 g/mol. The quantitative estimate of drug-likeness (QED) is 0.751. The first-order valence-corrected chi connectivity index (χ1v) is 5.15. The fraction of sp³-hybridized carbons (Fsp3) is 0.300. The van der Waals surface area contributed by atoms with Gasteiger partial charge in [0.25, 0.3) is 0 Å². The van der Waals surface area contributed by atoms with Crippen LogP contribution in [0, 0.1) is 0 Å². The van der Waals surface area contributed by atoms with E-state index in [9.17, 15) is 4.79 Å². The molecule has 0 aromatic heterocycles. The highest BCUT2D eigenvalue weighted by Gasteiger charge is 2.05. The van der Waals surface area contributed by atoms with E-state index in [1.54, 1.807) is 11.8 Å². The van der Waals surface area contributed by atoms with Crippen LogP contribution in [0.3, 0.4) is 0 Å². The molecule has 0 aliphatic heterocycles. The zero-order valence-corrected chi connectivity index (χ0v) is 8.30. The predicted molar refractivity (Wildman–Crippen MR) is 54.2 cm³/mol. The molecule has 0 amide bonds. The first kappa shape index (κ1) is 10.1. The molecular formula is C10H12O2S. The molecule has 1 N–H and O–H groups in total. The molecule has 70 valence electrons. The van der Waals surface area contributed by atoms with E-state index >= 15 is 0 Å². The van der Waals surface area contributed by atoms with Crippen LogP contribution in [0.5, 0.6) is 0 Å². The molecule has 3 heteroatoms. The molecule has 0 bridgehead atoms. The molecule has 13 heavy (non-hydrogen) atoms. The van der Waals surface area contributed by atoms with Gasteiger partial charge in [0.2, 0.25) is 0 Å². The number of hydrogen-bond acceptors (Lipinski definition) is 2. The lowest BCUT2D eigenvalue weighted by Gasteiger charge is -2.04. The summed E-state index contributed by atoms with van der Waals surface area (Å²) in [6, 6.07) is 7.64. The lowest BCUT2D eigenvalue weighted by Crippen LogP contribution is -2.01. The average Bonchev–Trinajstić information content (AvgIpc) is 2.08. The molecule has 0 saturated heterocycles. The van der Waals surface area contributed by atoms with Gasteiger partial charge in [0.1, 0.15) is 0 Å². The normalized spacial score (nSPS) is 9.92. The highest BCUT2D eigenvalue weighted by molar-refractivity contribution is 7.99. The van der Waals surface area contributed by atoms with Gasteiger partial charge < -0.3 is 5.11 Å². The number of rotatable bonds is 4. The number of carboxylic acids is 1. The Hall–Kier alpha value is -0.960. The second-order valence-corrected chi connectivity index (χ2v) is 3.92. The van der Waals surface area contributed by atoms with Crippen LogP contribution in [-0.2, 0) is 11.2 Å². The molecule has 0 spiro atoms. The first-order valence-electron chi connectivity index (χ1n) is 4.16. The molecule has 0 fully saturated rings. The van der Waals surface area contributed by atoms with Gasteiger partial charge in [-0.15, -0.1) is 11.8 Å². The Kier molecular flexibility index (Phi) is 3.83. The van der Waals surface area contributed by atoms with Gasteiger partial charge in [-0.1, -0.05) is 25.1 Å². The minimum Gasteiger partial charge on any atom is -0.481 e. The largest absolute Gasteiger partial charge is 0.481 e. The molecule has 0 heterocycles. The SMILES string of the molecule is CCSc1ccccc1CC(=O)O. The Balaban J connectivity index is 2.84. The number of thioether (sulfide) groups is 1. The van der Waals surface area contributed by atoms with E-state index < -0.39 is 5.97 Å². The van der Waals surface area contributed by atoms with E-state index in [2.05, 4.69) is 6.92 Å². The number of carbonyl (C=O) groups is 1. The smallest absolute Gasteiger partial charge is 0.307 e. The van der Waals surface area contributed by atoms with Gasteiger partial charge in [-0.05, 0) is 17.4 Å². The van der Waals surface area contributed by atoms with Crippen molar-refractivity contribution in [2.24, 2.45) is 0 Å². The molecule has 0 aliphatic carbocycles. The molecular weight excluding hydrogens is 184 g/mol. The summed E-state index contributed by atoms with van der Waals surface area (Å²) in [6.45, 7) is 2.06. The van der Waals surface area contributed by atoms with Crippen molar-refractivity contribution >= 4 is 17.7 Å². The van der Waals surface area contributed by atoms with E-state index in [1.165, 1.54) is 0 Å². The predicted octanol–water partition coefficient (Wildman–Crippen LogP) is 2.43. The fourth-order valence-electron chi connectivity index (χ4n) is 1.11. The van der Waals surface area contributed by atoms with Crippen molar-refractivity contribution in [2.45, 2.75) is 18.2 Å². The summed E-state index contributed by atoms with van der Waals surface area (Å²) >= 11 is 1.68. The van der Waals surface area contributed by atoms with Crippen molar-refractivity contribution in [3.8, 4) is 0 Å². The van der Waals surface area contributed by atoms with Crippen LogP contribution in [0.25, 0.3) is 0 Å². The Morgan fingerprint density at radius 2 is 2.15 bits per heavy atom. The summed E-state index contributed by atoms with van der Waals surface area (Å²) in [5.74, 6) is 0.195. The molecule has 0 atom stereocenters. The van der Waals surface area contributed by atoms with Gasteiger partial charge in [0, 0.05) is 4.90 Å². The Morgan fingerprint density at radius 3 is 2.77 bits per heavy atom. The van der Waals surface area contributed by atoms with Crippen molar-refractivity contribution in [1.29, 1.82) is 0 Å². The summed E-state index contributed by atoms with van der Waals surface area (Å²) in [4.78, 5) is 11.6. The van der Waals surface area contributed by atoms with E-state index in [0.29, 0.717) is 0 Å². The standard InChI is InChI=1S/C10H12O2S/c1-2-13-9-6-4-3-5-8(9)7-10(11)12/h3-6H,2,7H2,1H3,(H,11,12). The summed E-state index contributed by atoms with van der Waals surface area (Å²) in [5.41, 5.74) is 0.904. The van der Waals surface area contributed by atoms with E-state index in [1.807, 2.05) is 24.3 Å². The summed E-state index contributed by atoms with van der Waals surface area (Å²) < 4.78 is 0. The lowest BCUT2D eigenvalue weighted by atomic mass is 10.1. The van der Waals surface area contributed by atoms with Gasteiger partial charge >= 0.3 is 5.97 Å². The summed E-state index contributed by atoms with van der Waals surface area (Å²) in [5, 5.41) is 8.65. The van der Waals surface area contributed by atoms with Crippen molar-refractivity contribution in [1.82, 2.24) is 0 Å². The third-order valence-electron chi connectivity index (χ3n) is 1.61. The second kappa shape index (κ2) is 4.92. The van der Waals surface area contributed by atoms with Crippen LogP contribution in [0.15, 0.2) is 29.2 Å². The Bertz CT molecular complexity index is 297. The Morgan fingerprint density at radius 1 is 1.46 bits per heavy atom. The highest BCUT2D eigenvalue weighted by atomic mass is 32.2. The minimum atomic E-state index is -0.774. The van der Waals surface area contributed by atoms with Crippen LogP contribution in [0.4, 0.5) is 0 Å². The average molecular weight is 196 g/mol. The van der Waals surface area contributed by atoms with Gasteiger partial charge in [0.05, 0.1) is 6.42 Å². The van der Waals surface area contributed by atoms with Crippen LogP contribution in [0.2, 0.25) is 0 Å². The zero-order valence-electron chi connectivity index (χ0n) is 7.49. The molecule has 1 aromatic rings. The number of aliphatic carboxylic acids is 1. The van der Waals surface area contributed by atoms with Crippen LogP contribution < -0.4 is 0 Å². The van der Waals surface area contributed by atoms with Gasteiger partial charge in [-0.2, -0.15) is 0 Å². The van der Waals surface area contributed by atoms with E-state index in [-0.39, 0.29) is 6.42 Å². The van der Waals surface area contributed by atoms with E-state index in [0.717, 1.165) is 16.2 Å². The highest BCUT2D eigenvalue weighted by Crippen LogP contribution is 2.22. The van der Waals surface area contributed by atoms with Crippen molar-refractivity contribution in [3.63, 3.8) is 0 Å². The maximum absolute atomic E-state index is 10.5. The summed E-state index contributed by atoms with van der Waals surface area (Å²) in [7, 11) is 0. The Labute approximate surface area is 82.0 Å². The first-order chi connectivity index (χ1) is 6.24. The molecule has 1 aromatic carbocycles. The maximum atomic E-state index is 10.5. The van der Waals surface area contributed by atoms with Crippen molar-refractivity contribution < 1.29 is 9.90 Å². The van der Waals surface area contributed by atoms with E-state index in [4.69, 9.17) is 5.11 Å². The van der Waals surface area contributed by atoms with Crippen molar-refractivity contribution in [2.75, 3.05) is 5.75 Å². The number of carboxylic acid groups (broad SMARTS) is 1. The maximum Gasteiger partial charge on any atom is 0.307 e. The van der Waals surface area contributed by atoms with Gasteiger partial charge in [-0.25, -0.2) is 0 Å². The van der Waals surface area contributed by atoms with Crippen LogP contribution in [0.1, 0.15) is 12.5 Å². The minimum absolute atomic E-state index is 0.114. The van der Waals surface area contributed by atoms with Gasteiger partial charge in [-0.3, -0.25) is 4.79 Å². The second-order valence-electron chi connectivity index (χ2n) is 2.61. The molecule has 0 saturated carbocycles. The number of hydrogen-bond donors (Lipinski definition) is 1. The van der Waals surface area contributed by atoms with Crippen LogP contribution in [-0.4, -0.2) is 16.8 Å². The molecule has 0 radical (unpaired) electrons. The molecule has 2 nitrogen and oxygen atoms in total. The third-order valence-corrected chi connectivity index (χ3v) is 2.61. The fourth-order valence-corrected chi connectivity index (χ4v) is 1.92. The molecule has 0 aliphatic rings. The topological polar surface area (TPSA) is 37.3 Å². The molecule has 0 unspecified atom stereocenters. The lowest BCUT2D eigenvalue weighted by molar-refractivity contribution is -0.136.